The van der Waals surface area contributed by atoms with E-state index in [4.69, 9.17) is 4.74 Å². The maximum absolute atomic E-state index is 15.2. The first kappa shape index (κ1) is 19.6. The summed E-state index contributed by atoms with van der Waals surface area (Å²) in [5.74, 6) is 0.746. The van der Waals surface area contributed by atoms with Gasteiger partial charge in [0.25, 0.3) is 0 Å². The number of nitrogens with one attached hydrogen (secondary N) is 3. The van der Waals surface area contributed by atoms with Crippen LogP contribution in [0.4, 0.5) is 21.6 Å². The van der Waals surface area contributed by atoms with Gasteiger partial charge >= 0.3 is 0 Å². The molecule has 3 aromatic heterocycles. The molecule has 1 aromatic carbocycles. The summed E-state index contributed by atoms with van der Waals surface area (Å²) in [6.45, 7) is 7.87. The van der Waals surface area contributed by atoms with Crippen LogP contribution in [0.2, 0.25) is 0 Å². The Morgan fingerprint density at radius 1 is 1.16 bits per heavy atom. The molecule has 1 aliphatic heterocycles. The molecule has 1 aliphatic rings. The molecule has 2 atom stereocenters. The van der Waals surface area contributed by atoms with Gasteiger partial charge in [-0.3, -0.25) is 5.10 Å². The van der Waals surface area contributed by atoms with E-state index in [1.54, 1.807) is 13.2 Å². The van der Waals surface area contributed by atoms with E-state index >= 15 is 4.39 Å². The Morgan fingerprint density at radius 3 is 2.68 bits per heavy atom. The normalized spacial score (nSPS) is 19.3. The molecule has 3 N–H and O–H groups in total. The highest BCUT2D eigenvalue weighted by Gasteiger charge is 2.23. The number of benzene rings is 1. The van der Waals surface area contributed by atoms with Crippen LogP contribution in [0, 0.1) is 12.7 Å². The number of ether oxygens (including phenoxy) is 1. The fourth-order valence-corrected chi connectivity index (χ4v) is 4.45. The number of fused-ring (bicyclic) bond motifs is 2. The molecule has 4 heterocycles. The van der Waals surface area contributed by atoms with Gasteiger partial charge in [0.2, 0.25) is 0 Å². The summed E-state index contributed by atoms with van der Waals surface area (Å²) in [4.78, 5) is 6.68. The number of nitrogens with zero attached hydrogens (tertiary/aromatic N) is 4. The molecule has 0 radical (unpaired) electrons. The third-order valence-corrected chi connectivity index (χ3v) is 5.64. The van der Waals surface area contributed by atoms with Crippen molar-refractivity contribution in [2.45, 2.75) is 32.9 Å². The topological polar surface area (TPSA) is 82.5 Å². The van der Waals surface area contributed by atoms with Crippen molar-refractivity contribution in [1.29, 1.82) is 0 Å². The molecule has 0 amide bonds. The molecule has 0 aliphatic carbocycles. The summed E-state index contributed by atoms with van der Waals surface area (Å²) >= 11 is 0. The van der Waals surface area contributed by atoms with Crippen LogP contribution < -0.4 is 20.3 Å². The van der Waals surface area contributed by atoms with Crippen LogP contribution in [0.15, 0.2) is 30.6 Å². The minimum Gasteiger partial charge on any atom is -0.493 e. The predicted octanol–water partition coefficient (Wildman–Crippen LogP) is 3.60. The Labute approximate surface area is 179 Å². The summed E-state index contributed by atoms with van der Waals surface area (Å²) < 4.78 is 22.6. The van der Waals surface area contributed by atoms with Crippen molar-refractivity contribution in [2.75, 3.05) is 30.4 Å². The van der Waals surface area contributed by atoms with E-state index in [1.165, 1.54) is 0 Å². The van der Waals surface area contributed by atoms with Gasteiger partial charge in [-0.15, -0.1) is 0 Å². The zero-order chi connectivity index (χ0) is 21.7. The Morgan fingerprint density at radius 2 is 1.94 bits per heavy atom. The van der Waals surface area contributed by atoms with Crippen molar-refractivity contribution in [2.24, 2.45) is 0 Å². The summed E-state index contributed by atoms with van der Waals surface area (Å²) in [5, 5.41) is 14.5. The van der Waals surface area contributed by atoms with Crippen LogP contribution in [-0.4, -0.2) is 51.9 Å². The van der Waals surface area contributed by atoms with Crippen LogP contribution in [0.5, 0.6) is 5.75 Å². The zero-order valence-electron chi connectivity index (χ0n) is 18.0. The van der Waals surface area contributed by atoms with Crippen LogP contribution in [0.1, 0.15) is 19.5 Å². The first-order valence-corrected chi connectivity index (χ1v) is 10.4. The lowest BCUT2D eigenvalue weighted by molar-refractivity contribution is 0.407. The van der Waals surface area contributed by atoms with E-state index in [2.05, 4.69) is 44.6 Å². The van der Waals surface area contributed by atoms with E-state index in [0.717, 1.165) is 35.8 Å². The molecule has 9 heteroatoms. The van der Waals surface area contributed by atoms with Crippen molar-refractivity contribution < 1.29 is 9.13 Å². The SMILES string of the molecule is COc1cc(Nc2n[nH]c3cc(N4C[C@@H](C)N[C@H](C)C4)cc(F)c23)cn2cc(C)nc12. The van der Waals surface area contributed by atoms with Gasteiger partial charge < -0.3 is 24.7 Å². The van der Waals surface area contributed by atoms with Gasteiger partial charge in [-0.25, -0.2) is 9.37 Å². The monoisotopic (exact) mass is 423 g/mol. The van der Waals surface area contributed by atoms with E-state index in [0.29, 0.717) is 34.6 Å². The Bertz CT molecular complexity index is 1250. The lowest BCUT2D eigenvalue weighted by Gasteiger charge is -2.37. The molecule has 1 fully saturated rings. The maximum Gasteiger partial charge on any atom is 0.180 e. The molecular formula is C22H26FN7O. The number of anilines is 3. The minimum atomic E-state index is -0.311. The number of aryl methyl sites for hydroxylation is 1. The average molecular weight is 423 g/mol. The average Bonchev–Trinajstić information content (AvgIpc) is 3.29. The highest BCUT2D eigenvalue weighted by Crippen LogP contribution is 2.32. The third kappa shape index (κ3) is 3.54. The number of halogens is 1. The molecule has 5 rings (SSSR count). The van der Waals surface area contributed by atoms with Crippen molar-refractivity contribution >= 4 is 33.7 Å². The highest BCUT2D eigenvalue weighted by molar-refractivity contribution is 5.94. The standard InChI is InChI=1S/C22H26FN7O/c1-12-8-29(9-13(2)24-12)16-6-17(23)20-18(7-16)27-28-21(20)26-15-5-19(31-4)22-25-14(3)10-30(22)11-15/h5-7,10-13,24H,8-9H2,1-4H3,(H2,26,27,28)/t12-,13-/m1/s1. The van der Waals surface area contributed by atoms with Crippen molar-refractivity contribution in [3.8, 4) is 5.75 Å². The quantitative estimate of drug-likeness (QED) is 0.465. The number of aromatic nitrogens is 4. The first-order chi connectivity index (χ1) is 14.9. The lowest BCUT2D eigenvalue weighted by atomic mass is 10.1. The van der Waals surface area contributed by atoms with Gasteiger partial charge in [-0.2, -0.15) is 5.10 Å². The number of methoxy groups -OCH3 is 1. The summed E-state index contributed by atoms with van der Waals surface area (Å²) in [6, 6.07) is 6.08. The van der Waals surface area contributed by atoms with Gasteiger partial charge in [0, 0.05) is 49.3 Å². The number of hydrogen-bond acceptors (Lipinski definition) is 6. The summed E-state index contributed by atoms with van der Waals surface area (Å²) in [5.41, 5.74) is 3.85. The van der Waals surface area contributed by atoms with Gasteiger partial charge in [-0.05, 0) is 32.9 Å². The Balaban J connectivity index is 1.50. The zero-order valence-corrected chi connectivity index (χ0v) is 18.0. The molecular weight excluding hydrogens is 397 g/mol. The fraction of sp³-hybridized carbons (Fsp3) is 0.364. The molecule has 8 nitrogen and oxygen atoms in total. The number of aromatic amines is 1. The largest absolute Gasteiger partial charge is 0.493 e. The van der Waals surface area contributed by atoms with Gasteiger partial charge in [0.15, 0.2) is 17.2 Å². The maximum atomic E-state index is 15.2. The van der Waals surface area contributed by atoms with Gasteiger partial charge in [-0.1, -0.05) is 0 Å². The number of imidazole rings is 1. The number of pyridine rings is 1. The molecule has 0 spiro atoms. The molecule has 0 bridgehead atoms. The van der Waals surface area contributed by atoms with Gasteiger partial charge in [0.1, 0.15) is 5.82 Å². The molecule has 4 aromatic rings. The Kier molecular flexibility index (Phi) is 4.70. The molecule has 1 saturated heterocycles. The number of hydrogen-bond donors (Lipinski definition) is 3. The minimum absolute atomic E-state index is 0.311. The molecule has 162 valence electrons. The second-order valence-corrected chi connectivity index (χ2v) is 8.33. The van der Waals surface area contributed by atoms with E-state index < -0.39 is 0 Å². The smallest absolute Gasteiger partial charge is 0.180 e. The van der Waals surface area contributed by atoms with E-state index in [9.17, 15) is 0 Å². The Hall–Kier alpha value is -3.33. The predicted molar refractivity (Wildman–Crippen MR) is 120 cm³/mol. The molecule has 0 unspecified atom stereocenters. The van der Waals surface area contributed by atoms with E-state index in [1.807, 2.05) is 35.9 Å². The molecule has 31 heavy (non-hydrogen) atoms. The number of H-pyrrole nitrogens is 1. The van der Waals surface area contributed by atoms with Crippen molar-refractivity contribution in [3.63, 3.8) is 0 Å². The summed E-state index contributed by atoms with van der Waals surface area (Å²) in [7, 11) is 1.60. The lowest BCUT2D eigenvalue weighted by Crippen LogP contribution is -2.54. The highest BCUT2D eigenvalue weighted by atomic mass is 19.1. The molecule has 0 saturated carbocycles. The second kappa shape index (κ2) is 7.42. The first-order valence-electron chi connectivity index (χ1n) is 10.4. The van der Waals surface area contributed by atoms with Crippen molar-refractivity contribution in [3.05, 3.63) is 42.1 Å². The fourth-order valence-electron chi connectivity index (χ4n) is 4.45. The number of piperazine rings is 1. The van der Waals surface area contributed by atoms with Crippen LogP contribution >= 0.6 is 0 Å². The van der Waals surface area contributed by atoms with Crippen LogP contribution in [-0.2, 0) is 0 Å². The summed E-state index contributed by atoms with van der Waals surface area (Å²) in [6.07, 6.45) is 3.79. The second-order valence-electron chi connectivity index (χ2n) is 8.33. The van der Waals surface area contributed by atoms with E-state index in [-0.39, 0.29) is 5.82 Å². The third-order valence-electron chi connectivity index (χ3n) is 5.64. The van der Waals surface area contributed by atoms with Crippen LogP contribution in [0.25, 0.3) is 16.6 Å². The number of rotatable bonds is 4. The van der Waals surface area contributed by atoms with Crippen LogP contribution in [0.3, 0.4) is 0 Å². The van der Waals surface area contributed by atoms with Crippen molar-refractivity contribution in [1.82, 2.24) is 24.9 Å². The van der Waals surface area contributed by atoms with Gasteiger partial charge in [0.05, 0.1) is 29.4 Å².